The summed E-state index contributed by atoms with van der Waals surface area (Å²) in [6.45, 7) is 5.08. The van der Waals surface area contributed by atoms with Crippen LogP contribution in [0.25, 0.3) is 0 Å². The molecule has 1 heterocycles. The minimum atomic E-state index is 0.361. The van der Waals surface area contributed by atoms with E-state index in [4.69, 9.17) is 9.47 Å². The number of rotatable bonds is 5. The summed E-state index contributed by atoms with van der Waals surface area (Å²) in [5, 5.41) is 3.73. The number of hydrogen-bond donors (Lipinski definition) is 1. The lowest BCUT2D eigenvalue weighted by Crippen LogP contribution is -2.64. The van der Waals surface area contributed by atoms with Crippen molar-refractivity contribution in [1.29, 1.82) is 0 Å². The first-order valence-electron chi connectivity index (χ1n) is 9.32. The molecule has 21 heavy (non-hydrogen) atoms. The van der Waals surface area contributed by atoms with E-state index in [2.05, 4.69) is 12.2 Å². The van der Waals surface area contributed by atoms with Crippen LogP contribution in [0.5, 0.6) is 0 Å². The fourth-order valence-electron chi connectivity index (χ4n) is 4.73. The van der Waals surface area contributed by atoms with E-state index in [1.807, 2.05) is 0 Å². The van der Waals surface area contributed by atoms with Crippen LogP contribution in [0.3, 0.4) is 0 Å². The Morgan fingerprint density at radius 2 is 1.90 bits per heavy atom. The molecular weight excluding hydrogens is 262 g/mol. The van der Waals surface area contributed by atoms with Crippen LogP contribution in [-0.2, 0) is 9.47 Å². The van der Waals surface area contributed by atoms with Crippen LogP contribution in [0.1, 0.15) is 71.1 Å². The van der Waals surface area contributed by atoms with Crippen molar-refractivity contribution < 1.29 is 9.47 Å². The second-order valence-electron chi connectivity index (χ2n) is 7.30. The van der Waals surface area contributed by atoms with Crippen molar-refractivity contribution in [3.05, 3.63) is 0 Å². The van der Waals surface area contributed by atoms with Crippen LogP contribution in [0.2, 0.25) is 0 Å². The summed E-state index contributed by atoms with van der Waals surface area (Å²) in [6.07, 6.45) is 14.1. The average molecular weight is 295 g/mol. The molecule has 2 saturated carbocycles. The molecule has 1 N–H and O–H groups in total. The molecule has 1 aliphatic heterocycles. The minimum absolute atomic E-state index is 0.361. The monoisotopic (exact) mass is 295 g/mol. The maximum absolute atomic E-state index is 6.38. The molecule has 0 aromatic carbocycles. The topological polar surface area (TPSA) is 30.5 Å². The average Bonchev–Trinajstić information content (AvgIpc) is 2.79. The van der Waals surface area contributed by atoms with E-state index in [1.165, 1.54) is 64.2 Å². The second-order valence-corrected chi connectivity index (χ2v) is 7.30. The molecule has 2 aliphatic carbocycles. The fraction of sp³-hybridized carbons (Fsp3) is 1.00. The third-order valence-electron chi connectivity index (χ3n) is 6.03. The highest BCUT2D eigenvalue weighted by Crippen LogP contribution is 2.52. The van der Waals surface area contributed by atoms with Crippen molar-refractivity contribution in [2.24, 2.45) is 5.41 Å². The van der Waals surface area contributed by atoms with Gasteiger partial charge in [0.15, 0.2) is 0 Å². The van der Waals surface area contributed by atoms with Gasteiger partial charge in [0.2, 0.25) is 0 Å². The Balaban J connectivity index is 1.55. The summed E-state index contributed by atoms with van der Waals surface area (Å²) in [7, 11) is 0. The summed E-state index contributed by atoms with van der Waals surface area (Å²) in [6, 6.07) is 0.692. The molecule has 0 aromatic heterocycles. The van der Waals surface area contributed by atoms with Gasteiger partial charge in [0.25, 0.3) is 0 Å². The van der Waals surface area contributed by atoms with Crippen molar-refractivity contribution in [2.45, 2.75) is 89.4 Å². The molecule has 3 unspecified atom stereocenters. The predicted molar refractivity (Wildman–Crippen MR) is 85.5 cm³/mol. The highest BCUT2D eigenvalue weighted by molar-refractivity contribution is 5.08. The molecule has 3 aliphatic rings. The van der Waals surface area contributed by atoms with E-state index in [1.54, 1.807) is 0 Å². The van der Waals surface area contributed by atoms with E-state index >= 15 is 0 Å². The number of ether oxygens (including phenoxy) is 2. The summed E-state index contributed by atoms with van der Waals surface area (Å²) in [5.74, 6) is 0. The molecule has 1 saturated heterocycles. The maximum atomic E-state index is 6.38. The molecule has 3 nitrogen and oxygen atoms in total. The van der Waals surface area contributed by atoms with Gasteiger partial charge < -0.3 is 14.8 Å². The van der Waals surface area contributed by atoms with Gasteiger partial charge in [0.05, 0.1) is 18.8 Å². The van der Waals surface area contributed by atoms with Gasteiger partial charge in [-0.1, -0.05) is 32.6 Å². The van der Waals surface area contributed by atoms with Gasteiger partial charge in [-0.15, -0.1) is 0 Å². The zero-order valence-corrected chi connectivity index (χ0v) is 13.7. The highest BCUT2D eigenvalue weighted by Gasteiger charge is 2.54. The number of hydrogen-bond acceptors (Lipinski definition) is 3. The van der Waals surface area contributed by atoms with Crippen molar-refractivity contribution in [2.75, 3.05) is 19.8 Å². The Morgan fingerprint density at radius 1 is 1.10 bits per heavy atom. The van der Waals surface area contributed by atoms with Gasteiger partial charge in [0, 0.05) is 18.1 Å². The molecule has 122 valence electrons. The lowest BCUT2D eigenvalue weighted by Gasteiger charge is -2.56. The first-order valence-corrected chi connectivity index (χ1v) is 9.32. The van der Waals surface area contributed by atoms with Crippen LogP contribution in [0.4, 0.5) is 0 Å². The summed E-state index contributed by atoms with van der Waals surface area (Å²) in [4.78, 5) is 0. The second kappa shape index (κ2) is 7.43. The van der Waals surface area contributed by atoms with E-state index < -0.39 is 0 Å². The van der Waals surface area contributed by atoms with Crippen LogP contribution < -0.4 is 5.32 Å². The van der Waals surface area contributed by atoms with E-state index in [-0.39, 0.29) is 0 Å². The van der Waals surface area contributed by atoms with Gasteiger partial charge in [-0.3, -0.25) is 0 Å². The normalized spacial score (nSPS) is 36.1. The van der Waals surface area contributed by atoms with Gasteiger partial charge in [-0.05, 0) is 45.1 Å². The third kappa shape index (κ3) is 3.46. The lowest BCUT2D eigenvalue weighted by atomic mass is 9.57. The van der Waals surface area contributed by atoms with Crippen molar-refractivity contribution >= 4 is 0 Å². The first-order chi connectivity index (χ1) is 10.3. The Bertz CT molecular complexity index is 306. The Labute approximate surface area is 130 Å². The van der Waals surface area contributed by atoms with Crippen molar-refractivity contribution in [3.63, 3.8) is 0 Å². The van der Waals surface area contributed by atoms with Crippen LogP contribution in [0.15, 0.2) is 0 Å². The summed E-state index contributed by atoms with van der Waals surface area (Å²) in [5.41, 5.74) is 0.432. The van der Waals surface area contributed by atoms with Gasteiger partial charge in [0.1, 0.15) is 0 Å². The van der Waals surface area contributed by atoms with Crippen LogP contribution in [-0.4, -0.2) is 38.0 Å². The van der Waals surface area contributed by atoms with E-state index in [0.29, 0.717) is 23.7 Å². The van der Waals surface area contributed by atoms with E-state index in [0.717, 1.165) is 19.8 Å². The highest BCUT2D eigenvalue weighted by atomic mass is 16.5. The maximum Gasteiger partial charge on any atom is 0.0808 e. The summed E-state index contributed by atoms with van der Waals surface area (Å²) >= 11 is 0. The smallest absolute Gasteiger partial charge is 0.0808 e. The quantitative estimate of drug-likeness (QED) is 0.839. The van der Waals surface area contributed by atoms with Crippen molar-refractivity contribution in [3.8, 4) is 0 Å². The zero-order valence-electron chi connectivity index (χ0n) is 13.7. The predicted octanol–water partition coefficient (Wildman–Crippen LogP) is 3.66. The van der Waals surface area contributed by atoms with E-state index in [9.17, 15) is 0 Å². The van der Waals surface area contributed by atoms with Crippen molar-refractivity contribution in [1.82, 2.24) is 5.32 Å². The Kier molecular flexibility index (Phi) is 5.58. The van der Waals surface area contributed by atoms with Crippen LogP contribution in [0, 0.1) is 5.41 Å². The zero-order chi connectivity index (χ0) is 14.5. The largest absolute Gasteiger partial charge is 0.376 e. The van der Waals surface area contributed by atoms with Gasteiger partial charge in [-0.2, -0.15) is 0 Å². The standard InChI is InChI=1S/C18H33NO2/c1-2-19-16-13-17(18(16)10-6-3-4-7-11-18)21-14-15-9-5-8-12-20-15/h15-17,19H,2-14H2,1H3. The minimum Gasteiger partial charge on any atom is -0.376 e. The molecule has 3 rings (SSSR count). The van der Waals surface area contributed by atoms with Crippen LogP contribution >= 0.6 is 0 Å². The Morgan fingerprint density at radius 3 is 2.57 bits per heavy atom. The molecular formula is C18H33NO2. The molecule has 3 atom stereocenters. The molecule has 0 radical (unpaired) electrons. The first kappa shape index (κ1) is 15.8. The Hall–Kier alpha value is -0.120. The van der Waals surface area contributed by atoms with Gasteiger partial charge in [-0.25, -0.2) is 0 Å². The molecule has 0 amide bonds. The number of nitrogens with one attached hydrogen (secondary N) is 1. The summed E-state index contributed by atoms with van der Waals surface area (Å²) < 4.78 is 12.2. The third-order valence-corrected chi connectivity index (χ3v) is 6.03. The molecule has 3 heteroatoms. The fourth-order valence-corrected chi connectivity index (χ4v) is 4.73. The molecule has 0 bridgehead atoms. The SMILES string of the molecule is CCNC1CC(OCC2CCCCO2)C12CCCCCC2. The van der Waals surface area contributed by atoms with Gasteiger partial charge >= 0.3 is 0 Å². The molecule has 3 fully saturated rings. The lowest BCUT2D eigenvalue weighted by molar-refractivity contribution is -0.166. The molecule has 0 aromatic rings. The molecule has 1 spiro atoms.